The molecule has 3 unspecified atom stereocenters. The zero-order chi connectivity index (χ0) is 26.2. The third kappa shape index (κ3) is 5.32. The van der Waals surface area contributed by atoms with Crippen molar-refractivity contribution in [2.45, 2.75) is 118 Å². The topological polar surface area (TPSA) is 61.3 Å². The molecule has 0 aromatic heterocycles. The van der Waals surface area contributed by atoms with Crippen molar-refractivity contribution in [1.29, 1.82) is 0 Å². The highest BCUT2D eigenvalue weighted by Gasteiger charge is 2.60. The fraction of sp³-hybridized carbons (Fsp3) is 0.824. The molecule has 4 aliphatic rings. The van der Waals surface area contributed by atoms with E-state index in [0.29, 0.717) is 29.0 Å². The van der Waals surface area contributed by atoms with Crippen LogP contribution in [0.1, 0.15) is 117 Å². The molecule has 0 bridgehead atoms. The minimum Gasteiger partial charge on any atom is -0.399 e. The maximum Gasteiger partial charge on any atom is 0.0737 e. The SMILES string of the molecule is CC(CCCC(C)[C@H]1CC[C@H]2[C@@H]3CCC4CCCC[C@]4(C)[C@H]3CC[C@]12C)COCc1ccc(N)cc1N. The van der Waals surface area contributed by atoms with Crippen LogP contribution in [-0.2, 0) is 11.3 Å². The molecule has 1 aromatic rings. The third-order valence-corrected chi connectivity index (χ3v) is 12.5. The van der Waals surface area contributed by atoms with Crippen LogP contribution >= 0.6 is 0 Å². The summed E-state index contributed by atoms with van der Waals surface area (Å²) < 4.78 is 6.02. The first-order valence-electron chi connectivity index (χ1n) is 15.9. The Balaban J connectivity index is 1.09. The van der Waals surface area contributed by atoms with Gasteiger partial charge in [-0.1, -0.05) is 59.4 Å². The van der Waals surface area contributed by atoms with Crippen LogP contribution in [0, 0.1) is 52.3 Å². The number of anilines is 2. The summed E-state index contributed by atoms with van der Waals surface area (Å²) >= 11 is 0. The van der Waals surface area contributed by atoms with Crippen molar-refractivity contribution in [2.24, 2.45) is 52.3 Å². The van der Waals surface area contributed by atoms with Gasteiger partial charge in [-0.15, -0.1) is 0 Å². The molecule has 3 heteroatoms. The maximum atomic E-state index is 6.08. The van der Waals surface area contributed by atoms with Gasteiger partial charge >= 0.3 is 0 Å². The van der Waals surface area contributed by atoms with Crippen molar-refractivity contribution in [3.05, 3.63) is 23.8 Å². The van der Waals surface area contributed by atoms with E-state index >= 15 is 0 Å². The Morgan fingerprint density at radius 1 is 0.892 bits per heavy atom. The molecule has 9 atom stereocenters. The number of ether oxygens (including phenoxy) is 1. The van der Waals surface area contributed by atoms with Crippen molar-refractivity contribution in [1.82, 2.24) is 0 Å². The first kappa shape index (κ1) is 27.4. The van der Waals surface area contributed by atoms with Gasteiger partial charge in [0.25, 0.3) is 0 Å². The molecule has 0 radical (unpaired) electrons. The number of nitrogen functional groups attached to an aromatic ring is 2. The smallest absolute Gasteiger partial charge is 0.0737 e. The van der Waals surface area contributed by atoms with Gasteiger partial charge in [0.05, 0.1) is 6.61 Å². The second kappa shape index (κ2) is 11.1. The maximum absolute atomic E-state index is 6.08. The van der Waals surface area contributed by atoms with Crippen molar-refractivity contribution in [2.75, 3.05) is 18.1 Å². The molecule has 208 valence electrons. The van der Waals surface area contributed by atoms with Crippen molar-refractivity contribution < 1.29 is 4.74 Å². The minimum absolute atomic E-state index is 0.580. The van der Waals surface area contributed by atoms with E-state index in [2.05, 4.69) is 27.7 Å². The molecule has 4 fully saturated rings. The predicted octanol–water partition coefficient (Wildman–Crippen LogP) is 8.86. The average Bonchev–Trinajstić information content (AvgIpc) is 3.22. The molecule has 0 saturated heterocycles. The molecule has 3 nitrogen and oxygen atoms in total. The van der Waals surface area contributed by atoms with Crippen molar-refractivity contribution >= 4 is 11.4 Å². The molecular weight excluding hydrogens is 452 g/mol. The molecule has 37 heavy (non-hydrogen) atoms. The zero-order valence-corrected chi connectivity index (χ0v) is 24.4. The Morgan fingerprint density at radius 3 is 2.51 bits per heavy atom. The molecule has 0 heterocycles. The standard InChI is InChI=1S/C34H56N2O/c1-23(21-37-22-25-11-13-27(35)20-32(25)36)8-7-9-24(2)29-15-16-30-28-14-12-26-10-5-6-18-33(26,3)31(28)17-19-34(29,30)4/h11,13,20,23-24,26,28-31H,5-10,12,14-19,21-22,35-36H2,1-4H3/t23?,24?,26?,28-,29+,30-,31-,33-,34+/m0/s1. The monoisotopic (exact) mass is 508 g/mol. The molecule has 0 amide bonds. The summed E-state index contributed by atoms with van der Waals surface area (Å²) in [6.45, 7) is 11.8. The van der Waals surface area contributed by atoms with E-state index in [0.717, 1.165) is 53.4 Å². The largest absolute Gasteiger partial charge is 0.399 e. The fourth-order valence-electron chi connectivity index (χ4n) is 10.5. The molecule has 5 rings (SSSR count). The molecule has 4 N–H and O–H groups in total. The van der Waals surface area contributed by atoms with E-state index in [1.54, 1.807) is 6.42 Å². The number of benzene rings is 1. The highest BCUT2D eigenvalue weighted by Crippen LogP contribution is 2.68. The molecule has 4 aliphatic carbocycles. The van der Waals surface area contributed by atoms with Gasteiger partial charge in [-0.05, 0) is 122 Å². The van der Waals surface area contributed by atoms with Crippen LogP contribution in [0.4, 0.5) is 11.4 Å². The normalized spacial score (nSPS) is 38.9. The third-order valence-electron chi connectivity index (χ3n) is 12.5. The molecule has 1 aromatic carbocycles. The van der Waals surface area contributed by atoms with E-state index in [4.69, 9.17) is 16.2 Å². The number of hydrogen-bond acceptors (Lipinski definition) is 3. The summed E-state index contributed by atoms with van der Waals surface area (Å²) in [4.78, 5) is 0. The second-order valence-corrected chi connectivity index (χ2v) is 14.6. The van der Waals surface area contributed by atoms with Gasteiger partial charge in [0, 0.05) is 23.5 Å². The fourth-order valence-corrected chi connectivity index (χ4v) is 10.5. The lowest BCUT2D eigenvalue weighted by atomic mass is 9.44. The van der Waals surface area contributed by atoms with E-state index in [1.807, 2.05) is 18.2 Å². The number of hydrogen-bond donors (Lipinski definition) is 2. The van der Waals surface area contributed by atoms with Crippen LogP contribution in [0.15, 0.2) is 18.2 Å². The summed E-state index contributed by atoms with van der Waals surface area (Å²) in [6.07, 6.45) is 19.2. The number of nitrogens with two attached hydrogens (primary N) is 2. The van der Waals surface area contributed by atoms with Gasteiger partial charge in [0.2, 0.25) is 0 Å². The summed E-state index contributed by atoms with van der Waals surface area (Å²) in [6, 6.07) is 5.72. The van der Waals surface area contributed by atoms with Gasteiger partial charge in [0.1, 0.15) is 0 Å². The molecule has 0 spiro atoms. The quantitative estimate of drug-likeness (QED) is 0.327. The minimum atomic E-state index is 0.580. The Bertz CT molecular complexity index is 915. The van der Waals surface area contributed by atoms with Crippen LogP contribution in [0.3, 0.4) is 0 Å². The Hall–Kier alpha value is -1.22. The lowest BCUT2D eigenvalue weighted by Gasteiger charge is -2.61. The summed E-state index contributed by atoms with van der Waals surface area (Å²) in [7, 11) is 0. The van der Waals surface area contributed by atoms with Gasteiger partial charge in [0.15, 0.2) is 0 Å². The molecular formula is C34H56N2O. The van der Waals surface area contributed by atoms with Gasteiger partial charge < -0.3 is 16.2 Å². The Labute approximate surface area is 227 Å². The zero-order valence-electron chi connectivity index (χ0n) is 24.4. The first-order chi connectivity index (χ1) is 17.7. The van der Waals surface area contributed by atoms with E-state index in [9.17, 15) is 0 Å². The second-order valence-electron chi connectivity index (χ2n) is 14.6. The van der Waals surface area contributed by atoms with Crippen molar-refractivity contribution in [3.8, 4) is 0 Å². The van der Waals surface area contributed by atoms with Crippen LogP contribution in [-0.4, -0.2) is 6.61 Å². The van der Waals surface area contributed by atoms with E-state index in [1.165, 1.54) is 77.0 Å². The number of fused-ring (bicyclic) bond motifs is 5. The Kier molecular flexibility index (Phi) is 8.21. The first-order valence-corrected chi connectivity index (χ1v) is 15.9. The lowest BCUT2D eigenvalue weighted by Crippen LogP contribution is -2.53. The average molecular weight is 509 g/mol. The summed E-state index contributed by atoms with van der Waals surface area (Å²) in [5.41, 5.74) is 15.7. The summed E-state index contributed by atoms with van der Waals surface area (Å²) in [5, 5.41) is 0. The summed E-state index contributed by atoms with van der Waals surface area (Å²) in [5.74, 6) is 6.50. The van der Waals surface area contributed by atoms with E-state index in [-0.39, 0.29) is 0 Å². The number of rotatable bonds is 9. The van der Waals surface area contributed by atoms with Gasteiger partial charge in [-0.25, -0.2) is 0 Å². The van der Waals surface area contributed by atoms with Crippen LogP contribution in [0.2, 0.25) is 0 Å². The van der Waals surface area contributed by atoms with Gasteiger partial charge in [-0.3, -0.25) is 0 Å². The van der Waals surface area contributed by atoms with E-state index < -0.39 is 0 Å². The van der Waals surface area contributed by atoms with Crippen LogP contribution in [0.25, 0.3) is 0 Å². The van der Waals surface area contributed by atoms with Gasteiger partial charge in [-0.2, -0.15) is 0 Å². The predicted molar refractivity (Wildman–Crippen MR) is 157 cm³/mol. The molecule has 0 aliphatic heterocycles. The highest BCUT2D eigenvalue weighted by molar-refractivity contribution is 5.56. The van der Waals surface area contributed by atoms with Crippen molar-refractivity contribution in [3.63, 3.8) is 0 Å². The van der Waals surface area contributed by atoms with Crippen LogP contribution < -0.4 is 11.5 Å². The lowest BCUT2D eigenvalue weighted by molar-refractivity contribution is -0.114. The molecule has 4 saturated carbocycles. The highest BCUT2D eigenvalue weighted by atomic mass is 16.5. The Morgan fingerprint density at radius 2 is 1.70 bits per heavy atom. The van der Waals surface area contributed by atoms with Crippen LogP contribution in [0.5, 0.6) is 0 Å².